The Morgan fingerprint density at radius 2 is 1.27 bits per heavy atom. The lowest BCUT2D eigenvalue weighted by Crippen LogP contribution is -2.31. The molecule has 2 aromatic carbocycles. The molecule has 2 aromatic rings. The summed E-state index contributed by atoms with van der Waals surface area (Å²) in [6.07, 6.45) is 3.11. The number of rotatable bonds is 17. The summed E-state index contributed by atoms with van der Waals surface area (Å²) in [5.41, 5.74) is 2.31. The van der Waals surface area contributed by atoms with Crippen molar-refractivity contribution in [3.05, 3.63) is 71.0 Å². The van der Waals surface area contributed by atoms with Crippen molar-refractivity contribution in [2.24, 2.45) is 0 Å². The molecule has 3 N–H and O–H groups in total. The summed E-state index contributed by atoms with van der Waals surface area (Å²) in [6, 6.07) is 9.49. The molecule has 0 saturated heterocycles. The predicted molar refractivity (Wildman–Crippen MR) is 161 cm³/mol. The van der Waals surface area contributed by atoms with Gasteiger partial charge in [-0.25, -0.2) is 0 Å². The first-order valence-electron chi connectivity index (χ1n) is 14.5. The van der Waals surface area contributed by atoms with Crippen molar-refractivity contribution in [1.82, 2.24) is 0 Å². The van der Waals surface area contributed by atoms with Gasteiger partial charge in [0, 0.05) is 19.3 Å². The summed E-state index contributed by atoms with van der Waals surface area (Å²) in [7, 11) is 4.31. The molecule has 12 heteroatoms. The van der Waals surface area contributed by atoms with Crippen LogP contribution in [-0.4, -0.2) is 80.0 Å². The van der Waals surface area contributed by atoms with Crippen LogP contribution in [0.15, 0.2) is 59.9 Å². The lowest BCUT2D eigenvalue weighted by Gasteiger charge is -2.19. The lowest BCUT2D eigenvalue weighted by molar-refractivity contribution is -0.166. The summed E-state index contributed by atoms with van der Waals surface area (Å²) >= 11 is 0. The number of aromatic hydroxyl groups is 2. The Balaban J connectivity index is 1.54. The number of ether oxygens (including phenoxy) is 6. The maximum absolute atomic E-state index is 12.7. The summed E-state index contributed by atoms with van der Waals surface area (Å²) in [4.78, 5) is 37.7. The van der Waals surface area contributed by atoms with E-state index in [0.717, 1.165) is 16.7 Å². The van der Waals surface area contributed by atoms with Crippen molar-refractivity contribution in [1.29, 1.82) is 0 Å². The van der Waals surface area contributed by atoms with E-state index >= 15 is 0 Å². The second-order valence-electron chi connectivity index (χ2n) is 10.3. The van der Waals surface area contributed by atoms with Gasteiger partial charge in [-0.3, -0.25) is 14.4 Å². The van der Waals surface area contributed by atoms with Crippen LogP contribution in [0.1, 0.15) is 43.2 Å². The van der Waals surface area contributed by atoms with Crippen molar-refractivity contribution in [2.45, 2.75) is 57.2 Å². The molecule has 12 nitrogen and oxygen atoms in total. The third-order valence-corrected chi connectivity index (χ3v) is 7.00. The van der Waals surface area contributed by atoms with Crippen LogP contribution in [0.5, 0.6) is 23.0 Å². The number of hydrogen-bond acceptors (Lipinski definition) is 12. The third-order valence-electron chi connectivity index (χ3n) is 7.00. The number of carbonyl (C=O) groups excluding carboxylic acids is 3. The molecular weight excluding hydrogens is 588 g/mol. The number of phenols is 2. The molecule has 2 unspecified atom stereocenters. The van der Waals surface area contributed by atoms with Gasteiger partial charge in [-0.15, -0.1) is 0 Å². The smallest absolute Gasteiger partial charge is 0.306 e. The van der Waals surface area contributed by atoms with Gasteiger partial charge in [-0.2, -0.15) is 0 Å². The second kappa shape index (κ2) is 17.6. The van der Waals surface area contributed by atoms with Crippen molar-refractivity contribution in [2.75, 3.05) is 34.5 Å². The SMILES string of the molecule is COC1=CC(CCC(=O)OCC(COC(=O)CCc2ccc(O)c(OC)c2)OC(=O)CCc2ccc(O)c(OC)c2)=CCC1O. The van der Waals surface area contributed by atoms with E-state index < -0.39 is 30.1 Å². The molecule has 0 saturated carbocycles. The van der Waals surface area contributed by atoms with E-state index in [4.69, 9.17) is 28.4 Å². The van der Waals surface area contributed by atoms with Crippen LogP contribution in [-0.2, 0) is 46.2 Å². The largest absolute Gasteiger partial charge is 0.504 e. The summed E-state index contributed by atoms with van der Waals surface area (Å²) in [5, 5.41) is 29.4. The molecule has 0 spiro atoms. The minimum Gasteiger partial charge on any atom is -0.504 e. The molecule has 0 radical (unpaired) electrons. The maximum Gasteiger partial charge on any atom is 0.306 e. The number of hydrogen-bond donors (Lipinski definition) is 3. The van der Waals surface area contributed by atoms with Crippen LogP contribution in [0.2, 0.25) is 0 Å². The minimum absolute atomic E-state index is 0.0118. The van der Waals surface area contributed by atoms with Gasteiger partial charge < -0.3 is 43.7 Å². The molecular formula is C33H40O12. The average molecular weight is 629 g/mol. The van der Waals surface area contributed by atoms with Gasteiger partial charge in [-0.1, -0.05) is 18.2 Å². The molecule has 0 amide bonds. The Labute approximate surface area is 261 Å². The molecule has 2 atom stereocenters. The monoisotopic (exact) mass is 628 g/mol. The zero-order valence-corrected chi connectivity index (χ0v) is 25.7. The Morgan fingerprint density at radius 1 is 0.756 bits per heavy atom. The van der Waals surface area contributed by atoms with Crippen LogP contribution in [0.4, 0.5) is 0 Å². The molecule has 0 aliphatic heterocycles. The Kier molecular flexibility index (Phi) is 13.6. The van der Waals surface area contributed by atoms with E-state index in [9.17, 15) is 29.7 Å². The molecule has 0 bridgehead atoms. The lowest BCUT2D eigenvalue weighted by atomic mass is 9.99. The van der Waals surface area contributed by atoms with Crippen LogP contribution in [0.25, 0.3) is 0 Å². The number of methoxy groups -OCH3 is 3. The number of aryl methyl sites for hydroxylation is 2. The van der Waals surface area contributed by atoms with E-state index in [-0.39, 0.29) is 55.5 Å². The van der Waals surface area contributed by atoms with Crippen LogP contribution < -0.4 is 9.47 Å². The number of esters is 3. The number of carbonyl (C=O) groups is 3. The van der Waals surface area contributed by atoms with Gasteiger partial charge in [0.25, 0.3) is 0 Å². The van der Waals surface area contributed by atoms with E-state index in [2.05, 4.69) is 0 Å². The van der Waals surface area contributed by atoms with E-state index in [1.54, 1.807) is 30.3 Å². The molecule has 45 heavy (non-hydrogen) atoms. The number of aliphatic hydroxyl groups excluding tert-OH is 1. The Bertz CT molecular complexity index is 1380. The van der Waals surface area contributed by atoms with Crippen LogP contribution >= 0.6 is 0 Å². The highest BCUT2D eigenvalue weighted by Gasteiger charge is 2.21. The van der Waals surface area contributed by atoms with Gasteiger partial charge >= 0.3 is 17.9 Å². The van der Waals surface area contributed by atoms with E-state index in [1.165, 1.54) is 33.5 Å². The average Bonchev–Trinajstić information content (AvgIpc) is 3.04. The minimum atomic E-state index is -1.04. The van der Waals surface area contributed by atoms with E-state index in [0.29, 0.717) is 31.4 Å². The number of benzene rings is 2. The first-order chi connectivity index (χ1) is 21.6. The van der Waals surface area contributed by atoms with Crippen LogP contribution in [0.3, 0.4) is 0 Å². The Hall–Kier alpha value is -4.71. The number of phenolic OH excluding ortho intramolecular Hbond substituents is 2. The maximum atomic E-state index is 12.7. The van der Waals surface area contributed by atoms with Crippen molar-refractivity contribution in [3.8, 4) is 23.0 Å². The first-order valence-corrected chi connectivity index (χ1v) is 14.5. The van der Waals surface area contributed by atoms with Gasteiger partial charge in [-0.05, 0) is 72.7 Å². The van der Waals surface area contributed by atoms with Gasteiger partial charge in [0.05, 0.1) is 21.3 Å². The third kappa shape index (κ3) is 11.4. The molecule has 1 aliphatic rings. The van der Waals surface area contributed by atoms with Gasteiger partial charge in [0.2, 0.25) is 0 Å². The van der Waals surface area contributed by atoms with Gasteiger partial charge in [0.1, 0.15) is 25.1 Å². The number of aliphatic hydroxyl groups is 1. The zero-order valence-electron chi connectivity index (χ0n) is 25.7. The normalized spacial score (nSPS) is 14.8. The van der Waals surface area contributed by atoms with Crippen molar-refractivity contribution in [3.63, 3.8) is 0 Å². The fourth-order valence-electron chi connectivity index (χ4n) is 4.46. The van der Waals surface area contributed by atoms with Gasteiger partial charge in [0.15, 0.2) is 29.1 Å². The van der Waals surface area contributed by atoms with E-state index in [1.807, 2.05) is 6.08 Å². The highest BCUT2D eigenvalue weighted by atomic mass is 16.6. The highest BCUT2D eigenvalue weighted by Crippen LogP contribution is 2.28. The topological polar surface area (TPSA) is 167 Å². The zero-order chi connectivity index (χ0) is 32.8. The second-order valence-corrected chi connectivity index (χ2v) is 10.3. The molecule has 244 valence electrons. The quantitative estimate of drug-likeness (QED) is 0.172. The molecule has 0 heterocycles. The molecule has 0 aromatic heterocycles. The fourth-order valence-corrected chi connectivity index (χ4v) is 4.46. The van der Waals surface area contributed by atoms with Crippen molar-refractivity contribution < 1.29 is 58.1 Å². The summed E-state index contributed by atoms with van der Waals surface area (Å²) < 4.78 is 31.6. The molecule has 0 fully saturated rings. The standard InChI is InChI=1S/C33H40O12/c1-40-28-16-21(4-10-25(28)34)7-13-31(37)43-19-24(45-33(39)15-9-23-6-12-27(36)30(18-23)42-3)20-44-32(38)14-8-22-5-11-26(35)29(17-22)41-2/h4-6,10,12,16-18,24,26,34-36H,7-9,11,13-15,19-20H2,1-3H3. The van der Waals surface area contributed by atoms with Crippen molar-refractivity contribution >= 4 is 17.9 Å². The number of allylic oxidation sites excluding steroid dienone is 2. The Morgan fingerprint density at radius 3 is 1.78 bits per heavy atom. The fraction of sp³-hybridized carbons (Fsp3) is 0.424. The highest BCUT2D eigenvalue weighted by molar-refractivity contribution is 5.71. The first kappa shape index (κ1) is 34.8. The van der Waals surface area contributed by atoms with Crippen LogP contribution in [0, 0.1) is 0 Å². The molecule has 1 aliphatic carbocycles. The summed E-state index contributed by atoms with van der Waals surface area (Å²) in [6.45, 7) is -0.649. The molecule has 3 rings (SSSR count). The predicted octanol–water partition coefficient (Wildman–Crippen LogP) is 3.68. The summed E-state index contributed by atoms with van der Waals surface area (Å²) in [5.74, 6) is -0.756.